The van der Waals surface area contributed by atoms with E-state index in [0.717, 1.165) is 23.4 Å². The van der Waals surface area contributed by atoms with Crippen molar-refractivity contribution in [2.24, 2.45) is 11.7 Å². The smallest absolute Gasteiger partial charge is 0.181 e. The summed E-state index contributed by atoms with van der Waals surface area (Å²) in [5.41, 5.74) is 6.69. The maximum atomic E-state index is 12.2. The second-order valence-electron chi connectivity index (χ2n) is 6.37. The van der Waals surface area contributed by atoms with Crippen LogP contribution in [-0.4, -0.2) is 32.6 Å². The molecule has 7 nitrogen and oxygen atoms in total. The van der Waals surface area contributed by atoms with Gasteiger partial charge in [-0.2, -0.15) is 10.4 Å². The number of nitrogens with two attached hydrogens (primary N) is 1. The fourth-order valence-electron chi connectivity index (χ4n) is 2.89. The van der Waals surface area contributed by atoms with E-state index in [9.17, 15) is 9.00 Å². The van der Waals surface area contributed by atoms with Crippen LogP contribution >= 0.6 is 0 Å². The van der Waals surface area contributed by atoms with Gasteiger partial charge in [-0.3, -0.25) is 13.7 Å². The molecule has 8 heteroatoms. The molecule has 0 bridgehead atoms. The van der Waals surface area contributed by atoms with Crippen LogP contribution in [0.3, 0.4) is 0 Å². The number of hydrogen-bond acceptors (Lipinski definition) is 6. The molecular formula is C20H27N5O2S. The van der Waals surface area contributed by atoms with E-state index in [1.165, 1.54) is 0 Å². The Morgan fingerprint density at radius 2 is 2.04 bits per heavy atom. The Balaban J connectivity index is 0.00000136. The molecule has 0 saturated heterocycles. The fourth-order valence-corrected chi connectivity index (χ4v) is 3.40. The van der Waals surface area contributed by atoms with Gasteiger partial charge in [-0.25, -0.2) is 0 Å². The molecule has 0 spiro atoms. The van der Waals surface area contributed by atoms with Gasteiger partial charge >= 0.3 is 0 Å². The first-order chi connectivity index (χ1) is 13.5. The molecule has 2 unspecified atom stereocenters. The maximum absolute atomic E-state index is 12.2. The second kappa shape index (κ2) is 10.2. The number of aromatic nitrogens is 2. The number of hydrogen-bond donors (Lipinski definition) is 2. The highest BCUT2D eigenvalue weighted by Crippen LogP contribution is 2.41. The number of carbonyl (C=O) groups is 1. The molecule has 1 aliphatic carbocycles. The van der Waals surface area contributed by atoms with Crippen LogP contribution in [0.25, 0.3) is 0 Å². The molecule has 1 aromatic carbocycles. The van der Waals surface area contributed by atoms with E-state index in [1.807, 2.05) is 13.8 Å². The second-order valence-corrected chi connectivity index (χ2v) is 7.75. The van der Waals surface area contributed by atoms with Gasteiger partial charge < -0.3 is 11.1 Å². The Kier molecular flexibility index (Phi) is 7.91. The quantitative estimate of drug-likeness (QED) is 0.655. The lowest BCUT2D eigenvalue weighted by Crippen LogP contribution is -2.14. The first-order valence-corrected chi connectivity index (χ1v) is 11.0. The van der Waals surface area contributed by atoms with Crippen LogP contribution < -0.4 is 11.1 Å². The zero-order chi connectivity index (χ0) is 20.7. The number of carbonyl (C=O) groups excluding carboxylic acids is 1. The molecule has 1 aromatic heterocycles. The molecule has 2 aromatic rings. The van der Waals surface area contributed by atoms with Crippen molar-refractivity contribution >= 4 is 28.1 Å². The van der Waals surface area contributed by atoms with Crippen molar-refractivity contribution in [2.75, 3.05) is 18.1 Å². The summed E-state index contributed by atoms with van der Waals surface area (Å²) in [6.07, 6.45) is 5.82. The van der Waals surface area contributed by atoms with Crippen LogP contribution in [0.5, 0.6) is 0 Å². The Morgan fingerprint density at radius 1 is 1.39 bits per heavy atom. The van der Waals surface area contributed by atoms with Crippen molar-refractivity contribution in [3.63, 3.8) is 0 Å². The molecule has 3 N–H and O–H groups in total. The Hall–Kier alpha value is -2.50. The van der Waals surface area contributed by atoms with E-state index in [0.29, 0.717) is 23.7 Å². The van der Waals surface area contributed by atoms with E-state index in [2.05, 4.69) is 16.5 Å². The average molecular weight is 402 g/mol. The molecule has 1 fully saturated rings. The maximum Gasteiger partial charge on any atom is 0.181 e. The highest BCUT2D eigenvalue weighted by molar-refractivity contribution is 7.84. The zero-order valence-electron chi connectivity index (χ0n) is 16.5. The normalized spacial score (nSPS) is 15.0. The van der Waals surface area contributed by atoms with Crippen LogP contribution in [0.4, 0.5) is 11.5 Å². The molecule has 1 aliphatic rings. The summed E-state index contributed by atoms with van der Waals surface area (Å²) in [7, 11) is -1.05. The van der Waals surface area contributed by atoms with E-state index in [4.69, 9.17) is 11.0 Å². The van der Waals surface area contributed by atoms with Gasteiger partial charge in [0.05, 0.1) is 30.6 Å². The molecular weight excluding hydrogens is 374 g/mol. The summed E-state index contributed by atoms with van der Waals surface area (Å²) in [5.74, 6) is 0.646. The SMILES string of the molecule is CC.CS(=O)c1ccc(Nc2nn(C(CC#N)C3CC3)cc2C(=O)CN)cc1. The first-order valence-electron chi connectivity index (χ1n) is 9.43. The van der Waals surface area contributed by atoms with Gasteiger partial charge in [0.25, 0.3) is 0 Å². The molecule has 0 aliphatic heterocycles. The lowest BCUT2D eigenvalue weighted by Gasteiger charge is -2.12. The van der Waals surface area contributed by atoms with E-state index in [-0.39, 0.29) is 18.4 Å². The topological polar surface area (TPSA) is 114 Å². The van der Waals surface area contributed by atoms with Crippen molar-refractivity contribution in [1.29, 1.82) is 5.26 Å². The van der Waals surface area contributed by atoms with Crippen molar-refractivity contribution in [3.8, 4) is 6.07 Å². The summed E-state index contributed by atoms with van der Waals surface area (Å²) in [6.45, 7) is 3.89. The molecule has 1 heterocycles. The predicted molar refractivity (Wildman–Crippen MR) is 111 cm³/mol. The molecule has 3 rings (SSSR count). The molecule has 2 atom stereocenters. The largest absolute Gasteiger partial charge is 0.338 e. The summed E-state index contributed by atoms with van der Waals surface area (Å²) in [5, 5.41) is 16.8. The number of nitrogens with zero attached hydrogens (tertiary/aromatic N) is 3. The van der Waals surface area contributed by atoms with Crippen molar-refractivity contribution < 1.29 is 9.00 Å². The van der Waals surface area contributed by atoms with Crippen molar-refractivity contribution in [1.82, 2.24) is 9.78 Å². The van der Waals surface area contributed by atoms with Crippen LogP contribution in [0.1, 0.15) is 49.5 Å². The highest BCUT2D eigenvalue weighted by Gasteiger charge is 2.34. The Labute approximate surface area is 168 Å². The van der Waals surface area contributed by atoms with E-state index in [1.54, 1.807) is 41.4 Å². The summed E-state index contributed by atoms with van der Waals surface area (Å²) >= 11 is 0. The van der Waals surface area contributed by atoms with Gasteiger partial charge in [0, 0.05) is 33.8 Å². The minimum absolute atomic E-state index is 0.0234. The molecule has 0 radical (unpaired) electrons. The first kappa shape index (κ1) is 21.8. The molecule has 150 valence electrons. The number of ketones is 1. The van der Waals surface area contributed by atoms with E-state index < -0.39 is 10.8 Å². The lowest BCUT2D eigenvalue weighted by atomic mass is 10.1. The van der Waals surface area contributed by atoms with Gasteiger partial charge in [0.2, 0.25) is 0 Å². The molecule has 1 saturated carbocycles. The summed E-state index contributed by atoms with van der Waals surface area (Å²) < 4.78 is 13.2. The van der Waals surface area contributed by atoms with Gasteiger partial charge in [0.15, 0.2) is 11.6 Å². The van der Waals surface area contributed by atoms with Gasteiger partial charge in [-0.1, -0.05) is 13.8 Å². The third kappa shape index (κ3) is 5.27. The van der Waals surface area contributed by atoms with Crippen LogP contribution in [0.2, 0.25) is 0 Å². The molecule has 0 amide bonds. The minimum atomic E-state index is -1.05. The lowest BCUT2D eigenvalue weighted by molar-refractivity contribution is 0.100. The zero-order valence-corrected chi connectivity index (χ0v) is 17.3. The third-order valence-corrected chi connectivity index (χ3v) is 5.41. The summed E-state index contributed by atoms with van der Waals surface area (Å²) in [4.78, 5) is 12.9. The minimum Gasteiger partial charge on any atom is -0.338 e. The average Bonchev–Trinajstić information content (AvgIpc) is 3.47. The van der Waals surface area contributed by atoms with E-state index >= 15 is 0 Å². The number of rotatable bonds is 8. The summed E-state index contributed by atoms with van der Waals surface area (Å²) in [6, 6.07) is 9.30. The van der Waals surface area contributed by atoms with Crippen LogP contribution in [0, 0.1) is 17.2 Å². The van der Waals surface area contributed by atoms with Crippen molar-refractivity contribution in [3.05, 3.63) is 36.0 Å². The fraction of sp³-hybridized carbons (Fsp3) is 0.450. The van der Waals surface area contributed by atoms with Gasteiger partial charge in [0.1, 0.15) is 0 Å². The standard InChI is InChI=1S/C18H21N5O2S.C2H6/c1-26(25)14-6-4-13(5-7-14)21-18-15(17(24)10-20)11-23(22-18)16(8-9-19)12-2-3-12;1-2/h4-7,11-12,16H,2-3,8,10,20H2,1H3,(H,21,22);1-2H3. The van der Waals surface area contributed by atoms with Crippen LogP contribution in [-0.2, 0) is 10.8 Å². The number of nitriles is 1. The van der Waals surface area contributed by atoms with Gasteiger partial charge in [-0.15, -0.1) is 0 Å². The Morgan fingerprint density at radius 3 is 2.54 bits per heavy atom. The highest BCUT2D eigenvalue weighted by atomic mass is 32.2. The van der Waals surface area contributed by atoms with Crippen LogP contribution in [0.15, 0.2) is 35.4 Å². The Bertz CT molecular complexity index is 866. The number of benzene rings is 1. The predicted octanol–water partition coefficient (Wildman–Crippen LogP) is 3.40. The number of anilines is 2. The van der Waals surface area contributed by atoms with Gasteiger partial charge in [-0.05, 0) is 43.0 Å². The van der Waals surface area contributed by atoms with Crippen molar-refractivity contribution in [2.45, 2.75) is 44.0 Å². The molecule has 28 heavy (non-hydrogen) atoms. The number of Topliss-reactive ketones (excluding diaryl/α,β-unsaturated/α-hetero) is 1. The number of nitrogens with one attached hydrogen (secondary N) is 1. The third-order valence-electron chi connectivity index (χ3n) is 4.47. The monoisotopic (exact) mass is 401 g/mol.